The number of rotatable bonds is 1. The molecule has 0 radical (unpaired) electrons. The average Bonchev–Trinajstić information content (AvgIpc) is 2.64. The monoisotopic (exact) mass is 304 g/mol. The highest BCUT2D eigenvalue weighted by Gasteiger charge is 2.30. The smallest absolute Gasteiger partial charge is 0.343 e. The molecule has 2 aromatic rings. The van der Waals surface area contributed by atoms with Crippen molar-refractivity contribution >= 4 is 23.2 Å². The van der Waals surface area contributed by atoms with Crippen molar-refractivity contribution in [1.82, 2.24) is 4.98 Å². The number of benzene rings is 1. The summed E-state index contributed by atoms with van der Waals surface area (Å²) in [5.41, 5.74) is 0.0366. The first-order valence-electron chi connectivity index (χ1n) is 4.99. The number of nitrogens with one attached hydrogen (secondary N) is 1. The topological polar surface area (TPSA) is 39.6 Å². The third-order valence-corrected chi connectivity index (χ3v) is 3.27. The van der Waals surface area contributed by atoms with Gasteiger partial charge in [0.25, 0.3) is 0 Å². The quantitative estimate of drug-likeness (QED) is 0.801. The molecule has 1 aromatic heterocycles. The molecule has 0 amide bonds. The second kappa shape index (κ2) is 4.80. The summed E-state index contributed by atoms with van der Waals surface area (Å²) in [6.07, 6.45) is -4.40. The van der Waals surface area contributed by atoms with Crippen molar-refractivity contribution < 1.29 is 13.2 Å². The lowest BCUT2D eigenvalue weighted by atomic mass is 10.1. The zero-order valence-corrected chi connectivity index (χ0v) is 10.7. The van der Waals surface area contributed by atoms with Gasteiger partial charge in [-0.25, -0.2) is 0 Å². The van der Waals surface area contributed by atoms with Crippen molar-refractivity contribution in [3.63, 3.8) is 0 Å². The van der Waals surface area contributed by atoms with Gasteiger partial charge in [0.2, 0.25) is 0 Å². The maximum Gasteiger partial charge on any atom is 0.416 e. The molecule has 0 saturated carbocycles. The molecule has 98 valence electrons. The summed E-state index contributed by atoms with van der Waals surface area (Å²) in [6.45, 7) is 0. The van der Waals surface area contributed by atoms with Crippen molar-refractivity contribution in [2.24, 2.45) is 0 Å². The molecule has 1 aromatic carbocycles. The number of halogens is 5. The molecule has 19 heavy (non-hydrogen) atoms. The van der Waals surface area contributed by atoms with Crippen molar-refractivity contribution in [3.8, 4) is 17.3 Å². The highest BCUT2D eigenvalue weighted by molar-refractivity contribution is 6.42. The number of aromatic nitrogens is 1. The summed E-state index contributed by atoms with van der Waals surface area (Å²) in [5, 5.41) is 9.10. The summed E-state index contributed by atoms with van der Waals surface area (Å²) in [4.78, 5) is 2.67. The van der Waals surface area contributed by atoms with E-state index in [1.807, 2.05) is 6.07 Å². The molecule has 0 spiro atoms. The summed E-state index contributed by atoms with van der Waals surface area (Å²) < 4.78 is 37.3. The number of hydrogen-bond donors (Lipinski definition) is 1. The van der Waals surface area contributed by atoms with Gasteiger partial charge in [0.15, 0.2) is 0 Å². The molecule has 2 nitrogen and oxygen atoms in total. The van der Waals surface area contributed by atoms with Crippen LogP contribution in [0.15, 0.2) is 24.3 Å². The average molecular weight is 305 g/mol. The van der Waals surface area contributed by atoms with E-state index in [4.69, 9.17) is 28.5 Å². The van der Waals surface area contributed by atoms with Crippen LogP contribution in [-0.2, 0) is 6.18 Å². The van der Waals surface area contributed by atoms with Crippen LogP contribution in [0, 0.1) is 11.3 Å². The molecule has 0 atom stereocenters. The molecule has 1 N–H and O–H groups in total. The SMILES string of the molecule is N#Cc1c(-c2ccc(C(F)(F)F)cc2)[nH]c(Cl)c1Cl. The highest BCUT2D eigenvalue weighted by atomic mass is 35.5. The Morgan fingerprint density at radius 2 is 1.68 bits per heavy atom. The van der Waals surface area contributed by atoms with Gasteiger partial charge in [0.05, 0.1) is 21.8 Å². The molecule has 7 heteroatoms. The molecule has 0 bridgehead atoms. The van der Waals surface area contributed by atoms with Crippen LogP contribution in [0.4, 0.5) is 13.2 Å². The van der Waals surface area contributed by atoms with Crippen LogP contribution >= 0.6 is 23.2 Å². The molecule has 1 heterocycles. The number of aromatic amines is 1. The van der Waals surface area contributed by atoms with Crippen molar-refractivity contribution in [3.05, 3.63) is 45.6 Å². The van der Waals surface area contributed by atoms with Gasteiger partial charge in [-0.2, -0.15) is 18.4 Å². The predicted octanol–water partition coefficient (Wildman–Crippen LogP) is 4.88. The Kier molecular flexibility index (Phi) is 3.48. The van der Waals surface area contributed by atoms with Gasteiger partial charge in [-0.15, -0.1) is 0 Å². The molecule has 0 fully saturated rings. The van der Waals surface area contributed by atoms with E-state index in [2.05, 4.69) is 4.98 Å². The third kappa shape index (κ3) is 2.55. The van der Waals surface area contributed by atoms with E-state index >= 15 is 0 Å². The maximum absolute atomic E-state index is 12.4. The van der Waals surface area contributed by atoms with Crippen LogP contribution in [0.1, 0.15) is 11.1 Å². The minimum Gasteiger partial charge on any atom is -0.343 e. The Labute approximate surface area is 116 Å². The second-order valence-corrected chi connectivity index (χ2v) is 4.45. The van der Waals surface area contributed by atoms with E-state index < -0.39 is 11.7 Å². The van der Waals surface area contributed by atoms with E-state index in [0.29, 0.717) is 11.3 Å². The lowest BCUT2D eigenvalue weighted by Gasteiger charge is -2.07. The number of H-pyrrole nitrogens is 1. The highest BCUT2D eigenvalue weighted by Crippen LogP contribution is 2.35. The van der Waals surface area contributed by atoms with Crippen molar-refractivity contribution in [1.29, 1.82) is 5.26 Å². The van der Waals surface area contributed by atoms with Gasteiger partial charge in [-0.3, -0.25) is 0 Å². The Hall–Kier alpha value is -1.64. The van der Waals surface area contributed by atoms with E-state index in [1.165, 1.54) is 12.1 Å². The lowest BCUT2D eigenvalue weighted by Crippen LogP contribution is -2.04. The van der Waals surface area contributed by atoms with Crippen LogP contribution in [0.2, 0.25) is 10.2 Å². The molecule has 2 rings (SSSR count). The van der Waals surface area contributed by atoms with Gasteiger partial charge >= 0.3 is 6.18 Å². The number of alkyl halides is 3. The minimum absolute atomic E-state index is 0.0547. The Morgan fingerprint density at radius 3 is 2.16 bits per heavy atom. The molecular weight excluding hydrogens is 300 g/mol. The zero-order chi connectivity index (χ0) is 14.2. The fourth-order valence-electron chi connectivity index (χ4n) is 1.59. The normalized spacial score (nSPS) is 11.4. The van der Waals surface area contributed by atoms with E-state index in [0.717, 1.165) is 12.1 Å². The van der Waals surface area contributed by atoms with Crippen LogP contribution in [0.3, 0.4) is 0 Å². The second-order valence-electron chi connectivity index (χ2n) is 3.69. The first kappa shape index (κ1) is 13.8. The van der Waals surface area contributed by atoms with Gasteiger partial charge in [-0.05, 0) is 17.7 Å². The molecular formula is C12H5Cl2F3N2. The van der Waals surface area contributed by atoms with Gasteiger partial charge in [-0.1, -0.05) is 35.3 Å². The van der Waals surface area contributed by atoms with Crippen LogP contribution in [0.5, 0.6) is 0 Å². The number of hydrogen-bond acceptors (Lipinski definition) is 1. The summed E-state index contributed by atoms with van der Waals surface area (Å²) >= 11 is 11.6. The summed E-state index contributed by atoms with van der Waals surface area (Å²) in [6, 6.07) is 6.22. The molecule has 0 unspecified atom stereocenters. The van der Waals surface area contributed by atoms with Crippen LogP contribution in [-0.4, -0.2) is 4.98 Å². The van der Waals surface area contributed by atoms with Crippen LogP contribution < -0.4 is 0 Å². The van der Waals surface area contributed by atoms with Crippen molar-refractivity contribution in [2.45, 2.75) is 6.18 Å². The van der Waals surface area contributed by atoms with Crippen LogP contribution in [0.25, 0.3) is 11.3 Å². The fraction of sp³-hybridized carbons (Fsp3) is 0.0833. The number of nitriles is 1. The summed E-state index contributed by atoms with van der Waals surface area (Å²) in [5.74, 6) is 0. The molecule has 0 saturated heterocycles. The Morgan fingerprint density at radius 1 is 1.11 bits per heavy atom. The molecule has 0 aliphatic carbocycles. The zero-order valence-electron chi connectivity index (χ0n) is 9.15. The lowest BCUT2D eigenvalue weighted by molar-refractivity contribution is -0.137. The summed E-state index contributed by atoms with van der Waals surface area (Å²) in [7, 11) is 0. The van der Waals surface area contributed by atoms with Gasteiger partial charge in [0, 0.05) is 0 Å². The molecule has 0 aliphatic heterocycles. The standard InChI is InChI=1S/C12H5Cl2F3N2/c13-9-8(5-18)10(19-11(9)14)6-1-3-7(4-2-6)12(15,16)17/h1-4,19H. The Balaban J connectivity index is 2.50. The van der Waals surface area contributed by atoms with Gasteiger partial charge < -0.3 is 4.98 Å². The predicted molar refractivity (Wildman–Crippen MR) is 66.0 cm³/mol. The molecule has 0 aliphatic rings. The fourth-order valence-corrected chi connectivity index (χ4v) is 1.97. The van der Waals surface area contributed by atoms with E-state index in [-0.39, 0.29) is 15.7 Å². The van der Waals surface area contributed by atoms with Crippen molar-refractivity contribution in [2.75, 3.05) is 0 Å². The van der Waals surface area contributed by atoms with E-state index in [1.54, 1.807) is 0 Å². The number of nitrogens with zero attached hydrogens (tertiary/aromatic N) is 1. The largest absolute Gasteiger partial charge is 0.416 e. The first-order chi connectivity index (χ1) is 8.84. The first-order valence-corrected chi connectivity index (χ1v) is 5.75. The van der Waals surface area contributed by atoms with Gasteiger partial charge in [0.1, 0.15) is 11.2 Å². The maximum atomic E-state index is 12.4. The third-order valence-electron chi connectivity index (χ3n) is 2.51. The van der Waals surface area contributed by atoms with E-state index in [9.17, 15) is 13.2 Å². The minimum atomic E-state index is -4.40. The Bertz CT molecular complexity index is 651.